The molecule has 0 fully saturated rings. The molecule has 0 heterocycles. The minimum atomic E-state index is -0.555. The quantitative estimate of drug-likeness (QED) is 0.482. The van der Waals surface area contributed by atoms with Gasteiger partial charge in [-0.05, 0) is 23.7 Å². The first-order valence-electron chi connectivity index (χ1n) is 3.89. The van der Waals surface area contributed by atoms with Crippen LogP contribution < -0.4 is 5.32 Å². The van der Waals surface area contributed by atoms with Crippen molar-refractivity contribution in [1.82, 2.24) is 0 Å². The lowest BCUT2D eigenvalue weighted by molar-refractivity contribution is -0.114. The zero-order valence-electron chi connectivity index (χ0n) is 7.44. The highest BCUT2D eigenvalue weighted by Crippen LogP contribution is 2.22. The highest BCUT2D eigenvalue weighted by atomic mass is 35.5. The third-order valence-electron chi connectivity index (χ3n) is 1.48. The number of halogens is 2. The minimum Gasteiger partial charge on any atom is -0.325 e. The van der Waals surface area contributed by atoms with Crippen LogP contribution in [0.5, 0.6) is 0 Å². The van der Waals surface area contributed by atoms with Gasteiger partial charge in [-0.1, -0.05) is 16.7 Å². The lowest BCUT2D eigenvalue weighted by Gasteiger charge is -2.05. The van der Waals surface area contributed by atoms with E-state index in [0.717, 1.165) is 6.07 Å². The SMILES string of the molecule is [N-]=[N+]=NCC(=O)Nc1cc(F)ccc1Cl. The van der Waals surface area contributed by atoms with Crippen molar-refractivity contribution in [3.63, 3.8) is 0 Å². The molecule has 1 aromatic rings. The Labute approximate surface area is 89.5 Å². The van der Waals surface area contributed by atoms with Gasteiger partial charge >= 0.3 is 0 Å². The molecule has 0 atom stereocenters. The van der Waals surface area contributed by atoms with Crippen LogP contribution in [0.4, 0.5) is 10.1 Å². The second kappa shape index (κ2) is 5.19. The van der Waals surface area contributed by atoms with Gasteiger partial charge in [-0.15, -0.1) is 0 Å². The number of carbonyl (C=O) groups is 1. The maximum absolute atomic E-state index is 12.8. The molecule has 0 radical (unpaired) electrons. The van der Waals surface area contributed by atoms with E-state index in [2.05, 4.69) is 15.3 Å². The molecule has 0 aromatic heterocycles. The first kappa shape index (κ1) is 11.3. The number of nitrogens with zero attached hydrogens (tertiary/aromatic N) is 3. The van der Waals surface area contributed by atoms with E-state index in [4.69, 9.17) is 17.1 Å². The van der Waals surface area contributed by atoms with E-state index in [0.29, 0.717) is 0 Å². The molecular weight excluding hydrogens is 223 g/mol. The maximum Gasteiger partial charge on any atom is 0.230 e. The van der Waals surface area contributed by atoms with Gasteiger partial charge in [0.1, 0.15) is 12.4 Å². The fourth-order valence-corrected chi connectivity index (χ4v) is 1.04. The number of azide groups is 1. The third-order valence-corrected chi connectivity index (χ3v) is 1.81. The van der Waals surface area contributed by atoms with Crippen LogP contribution in [0.1, 0.15) is 0 Å². The average Bonchev–Trinajstić information content (AvgIpc) is 2.20. The van der Waals surface area contributed by atoms with E-state index in [-0.39, 0.29) is 17.3 Å². The molecule has 0 bridgehead atoms. The van der Waals surface area contributed by atoms with Crippen molar-refractivity contribution in [2.75, 3.05) is 11.9 Å². The van der Waals surface area contributed by atoms with E-state index < -0.39 is 11.7 Å². The molecule has 1 amide bonds. The summed E-state index contributed by atoms with van der Waals surface area (Å²) in [5.41, 5.74) is 8.12. The Morgan fingerprint density at radius 2 is 2.40 bits per heavy atom. The highest BCUT2D eigenvalue weighted by molar-refractivity contribution is 6.33. The zero-order chi connectivity index (χ0) is 11.3. The first-order valence-corrected chi connectivity index (χ1v) is 4.27. The number of anilines is 1. The van der Waals surface area contributed by atoms with Gasteiger partial charge in [0.25, 0.3) is 0 Å². The lowest BCUT2D eigenvalue weighted by Crippen LogP contribution is -2.14. The summed E-state index contributed by atoms with van der Waals surface area (Å²) >= 11 is 5.69. The predicted molar refractivity (Wildman–Crippen MR) is 54.1 cm³/mol. The largest absolute Gasteiger partial charge is 0.325 e. The molecule has 0 aliphatic rings. The topological polar surface area (TPSA) is 77.9 Å². The van der Waals surface area contributed by atoms with Crippen molar-refractivity contribution < 1.29 is 9.18 Å². The van der Waals surface area contributed by atoms with Gasteiger partial charge < -0.3 is 5.32 Å². The van der Waals surface area contributed by atoms with Crippen molar-refractivity contribution in [3.8, 4) is 0 Å². The summed E-state index contributed by atoms with van der Waals surface area (Å²) in [6, 6.07) is 3.57. The lowest BCUT2D eigenvalue weighted by atomic mass is 10.3. The smallest absolute Gasteiger partial charge is 0.230 e. The molecule has 15 heavy (non-hydrogen) atoms. The molecule has 0 aliphatic heterocycles. The maximum atomic E-state index is 12.8. The monoisotopic (exact) mass is 228 g/mol. The van der Waals surface area contributed by atoms with Gasteiger partial charge in [0.05, 0.1) is 10.7 Å². The standard InChI is InChI=1S/C8H6ClFN4O/c9-6-2-1-5(10)3-7(6)13-8(15)4-12-14-11/h1-3H,4H2,(H,13,15). The van der Waals surface area contributed by atoms with Gasteiger partial charge in [0.15, 0.2) is 0 Å². The average molecular weight is 229 g/mol. The number of rotatable bonds is 3. The van der Waals surface area contributed by atoms with Crippen LogP contribution in [0.15, 0.2) is 23.3 Å². The van der Waals surface area contributed by atoms with E-state index in [1.165, 1.54) is 12.1 Å². The van der Waals surface area contributed by atoms with Crippen LogP contribution in [-0.2, 0) is 4.79 Å². The zero-order valence-corrected chi connectivity index (χ0v) is 8.20. The van der Waals surface area contributed by atoms with Gasteiger partial charge in [-0.25, -0.2) is 4.39 Å². The molecule has 0 saturated carbocycles. The molecule has 0 saturated heterocycles. The van der Waals surface area contributed by atoms with Crippen molar-refractivity contribution >= 4 is 23.2 Å². The minimum absolute atomic E-state index is 0.148. The normalized spacial score (nSPS) is 9.20. The van der Waals surface area contributed by atoms with Crippen molar-refractivity contribution in [3.05, 3.63) is 39.5 Å². The predicted octanol–water partition coefficient (Wildman–Crippen LogP) is 2.73. The first-order chi connectivity index (χ1) is 7.13. The van der Waals surface area contributed by atoms with Crippen LogP contribution >= 0.6 is 11.6 Å². The molecule has 1 rings (SSSR count). The Morgan fingerprint density at radius 3 is 3.07 bits per heavy atom. The fourth-order valence-electron chi connectivity index (χ4n) is 0.879. The second-order valence-electron chi connectivity index (χ2n) is 2.56. The Morgan fingerprint density at radius 1 is 1.67 bits per heavy atom. The second-order valence-corrected chi connectivity index (χ2v) is 2.97. The molecule has 78 valence electrons. The molecule has 0 spiro atoms. The van der Waals surface area contributed by atoms with Crippen LogP contribution in [-0.4, -0.2) is 12.5 Å². The summed E-state index contributed by atoms with van der Waals surface area (Å²) in [6.07, 6.45) is 0. The molecular formula is C8H6ClFN4O. The molecule has 1 N–H and O–H groups in total. The summed E-state index contributed by atoms with van der Waals surface area (Å²) in [5.74, 6) is -1.07. The summed E-state index contributed by atoms with van der Waals surface area (Å²) in [6.45, 7) is -0.358. The van der Waals surface area contributed by atoms with Gasteiger partial charge in [0.2, 0.25) is 5.91 Å². The molecule has 1 aromatic carbocycles. The van der Waals surface area contributed by atoms with Gasteiger partial charge in [0, 0.05) is 4.91 Å². The summed E-state index contributed by atoms with van der Waals surface area (Å²) < 4.78 is 12.8. The van der Waals surface area contributed by atoms with E-state index in [1.807, 2.05) is 0 Å². The third kappa shape index (κ3) is 3.46. The van der Waals surface area contributed by atoms with Crippen molar-refractivity contribution in [1.29, 1.82) is 0 Å². The van der Waals surface area contributed by atoms with Crippen LogP contribution in [0, 0.1) is 5.82 Å². The number of benzene rings is 1. The Kier molecular flexibility index (Phi) is 3.91. The summed E-state index contributed by atoms with van der Waals surface area (Å²) in [7, 11) is 0. The Balaban J connectivity index is 2.75. The molecule has 0 aliphatic carbocycles. The van der Waals surface area contributed by atoms with E-state index in [1.54, 1.807) is 0 Å². The molecule has 7 heteroatoms. The number of hydrogen-bond donors (Lipinski definition) is 1. The number of hydrogen-bond acceptors (Lipinski definition) is 2. The van der Waals surface area contributed by atoms with Crippen molar-refractivity contribution in [2.24, 2.45) is 5.11 Å². The van der Waals surface area contributed by atoms with Crippen LogP contribution in [0.2, 0.25) is 5.02 Å². The number of amides is 1. The summed E-state index contributed by atoms with van der Waals surface area (Å²) in [5, 5.41) is 5.58. The van der Waals surface area contributed by atoms with Crippen LogP contribution in [0.3, 0.4) is 0 Å². The van der Waals surface area contributed by atoms with Crippen LogP contribution in [0.25, 0.3) is 10.4 Å². The number of nitrogens with one attached hydrogen (secondary N) is 1. The van der Waals surface area contributed by atoms with Crippen molar-refractivity contribution in [2.45, 2.75) is 0 Å². The molecule has 5 nitrogen and oxygen atoms in total. The van der Waals surface area contributed by atoms with E-state index >= 15 is 0 Å². The summed E-state index contributed by atoms with van der Waals surface area (Å²) in [4.78, 5) is 13.5. The highest BCUT2D eigenvalue weighted by Gasteiger charge is 2.05. The fraction of sp³-hybridized carbons (Fsp3) is 0.125. The number of carbonyl (C=O) groups excluding carboxylic acids is 1. The van der Waals surface area contributed by atoms with Gasteiger partial charge in [-0.2, -0.15) is 0 Å². The van der Waals surface area contributed by atoms with Gasteiger partial charge in [-0.3, -0.25) is 4.79 Å². The Hall–Kier alpha value is -1.78. The Bertz CT molecular complexity index is 431. The van der Waals surface area contributed by atoms with E-state index in [9.17, 15) is 9.18 Å². The molecule has 0 unspecified atom stereocenters.